The van der Waals surface area contributed by atoms with Gasteiger partial charge in [0.1, 0.15) is 5.75 Å². The molecule has 1 aromatic rings. The summed E-state index contributed by atoms with van der Waals surface area (Å²) in [5.74, 6) is 5.30. The number of ether oxygens (including phenoxy) is 1. The van der Waals surface area contributed by atoms with Crippen molar-refractivity contribution in [3.8, 4) is 5.75 Å². The summed E-state index contributed by atoms with van der Waals surface area (Å²) in [6.07, 6.45) is 1.71. The van der Waals surface area contributed by atoms with Crippen molar-refractivity contribution in [3.05, 3.63) is 28.8 Å². The minimum atomic E-state index is -0.607. The van der Waals surface area contributed by atoms with Crippen LogP contribution in [-0.4, -0.2) is 12.0 Å². The van der Waals surface area contributed by atoms with Gasteiger partial charge in [0.2, 0.25) is 0 Å². The Hall–Kier alpha value is -1.26. The molecule has 1 amide bonds. The van der Waals surface area contributed by atoms with Gasteiger partial charge in [0, 0.05) is 0 Å². The minimum absolute atomic E-state index is 0.340. The van der Waals surface area contributed by atoms with Crippen molar-refractivity contribution in [2.75, 3.05) is 0 Å². The second-order valence-corrected chi connectivity index (χ2v) is 4.43. The summed E-state index contributed by atoms with van der Waals surface area (Å²) in [6.45, 7) is 4.02. The topological polar surface area (TPSA) is 64.3 Å². The van der Waals surface area contributed by atoms with Crippen LogP contribution in [0.15, 0.2) is 18.2 Å². The molecule has 4 nitrogen and oxygen atoms in total. The summed E-state index contributed by atoms with van der Waals surface area (Å²) >= 11 is 6.11. The van der Waals surface area contributed by atoms with Crippen molar-refractivity contribution in [1.82, 2.24) is 5.43 Å². The minimum Gasteiger partial charge on any atom is -0.479 e. The molecule has 0 aromatic heterocycles. The Labute approximate surface area is 112 Å². The van der Waals surface area contributed by atoms with Crippen molar-refractivity contribution in [3.63, 3.8) is 0 Å². The van der Waals surface area contributed by atoms with E-state index in [1.807, 2.05) is 26.0 Å². The van der Waals surface area contributed by atoms with E-state index in [1.54, 1.807) is 6.07 Å². The Morgan fingerprint density at radius 3 is 2.72 bits per heavy atom. The van der Waals surface area contributed by atoms with E-state index in [4.69, 9.17) is 22.2 Å². The molecule has 0 spiro atoms. The van der Waals surface area contributed by atoms with E-state index in [9.17, 15) is 4.79 Å². The van der Waals surface area contributed by atoms with Gasteiger partial charge in [-0.1, -0.05) is 37.9 Å². The zero-order valence-electron chi connectivity index (χ0n) is 10.7. The predicted octanol–water partition coefficient (Wildman–Crippen LogP) is 2.44. The number of carbonyl (C=O) groups is 1. The van der Waals surface area contributed by atoms with Crippen LogP contribution < -0.4 is 16.0 Å². The number of hydrazine groups is 1. The lowest BCUT2D eigenvalue weighted by atomic mass is 10.1. The molecule has 0 saturated carbocycles. The van der Waals surface area contributed by atoms with Gasteiger partial charge in [-0.05, 0) is 30.5 Å². The van der Waals surface area contributed by atoms with E-state index in [-0.39, 0.29) is 5.91 Å². The highest BCUT2D eigenvalue weighted by atomic mass is 35.5. The van der Waals surface area contributed by atoms with Crippen molar-refractivity contribution in [2.45, 2.75) is 39.2 Å². The lowest BCUT2D eigenvalue weighted by Gasteiger charge is -2.18. The van der Waals surface area contributed by atoms with E-state index in [0.717, 1.165) is 18.4 Å². The van der Waals surface area contributed by atoms with Gasteiger partial charge in [0.05, 0.1) is 5.02 Å². The molecule has 1 unspecified atom stereocenters. The molecule has 0 fully saturated rings. The number of aryl methyl sites for hydroxylation is 1. The molecule has 0 radical (unpaired) electrons. The maximum absolute atomic E-state index is 11.5. The van der Waals surface area contributed by atoms with E-state index < -0.39 is 6.10 Å². The summed E-state index contributed by atoms with van der Waals surface area (Å²) in [7, 11) is 0. The number of nitrogens with two attached hydrogens (primary N) is 1. The van der Waals surface area contributed by atoms with Gasteiger partial charge in [0.25, 0.3) is 5.91 Å². The third kappa shape index (κ3) is 3.89. The Morgan fingerprint density at radius 1 is 1.50 bits per heavy atom. The molecule has 0 heterocycles. The molecule has 0 aliphatic carbocycles. The highest BCUT2D eigenvalue weighted by molar-refractivity contribution is 6.32. The van der Waals surface area contributed by atoms with Gasteiger partial charge in [-0.2, -0.15) is 0 Å². The Kier molecular flexibility index (Phi) is 5.95. The van der Waals surface area contributed by atoms with Gasteiger partial charge in [-0.3, -0.25) is 10.2 Å². The normalized spacial score (nSPS) is 12.0. The molecule has 5 heteroatoms. The van der Waals surface area contributed by atoms with Gasteiger partial charge in [0.15, 0.2) is 6.10 Å². The van der Waals surface area contributed by atoms with Crippen LogP contribution >= 0.6 is 11.6 Å². The maximum Gasteiger partial charge on any atom is 0.274 e. The first-order chi connectivity index (χ1) is 8.62. The van der Waals surface area contributed by atoms with Crippen LogP contribution in [0.25, 0.3) is 0 Å². The van der Waals surface area contributed by atoms with Crippen molar-refractivity contribution >= 4 is 17.5 Å². The van der Waals surface area contributed by atoms with Crippen LogP contribution in [0.1, 0.15) is 32.3 Å². The highest BCUT2D eigenvalue weighted by Gasteiger charge is 2.19. The Bertz CT molecular complexity index is 410. The van der Waals surface area contributed by atoms with Crippen LogP contribution in [0.3, 0.4) is 0 Å². The number of halogens is 1. The highest BCUT2D eigenvalue weighted by Crippen LogP contribution is 2.27. The lowest BCUT2D eigenvalue weighted by Crippen LogP contribution is -2.42. The molecule has 0 aliphatic heterocycles. The maximum atomic E-state index is 11.5. The van der Waals surface area contributed by atoms with Gasteiger partial charge >= 0.3 is 0 Å². The fourth-order valence-electron chi connectivity index (χ4n) is 1.61. The van der Waals surface area contributed by atoms with Gasteiger partial charge in [-0.25, -0.2) is 5.84 Å². The monoisotopic (exact) mass is 270 g/mol. The SMILES string of the molecule is CCCC(Oc1ccc(CC)cc1Cl)C(=O)NN. The number of amides is 1. The quantitative estimate of drug-likeness (QED) is 0.474. The smallest absolute Gasteiger partial charge is 0.274 e. The molecule has 100 valence electrons. The molecule has 18 heavy (non-hydrogen) atoms. The largest absolute Gasteiger partial charge is 0.479 e. The van der Waals surface area contributed by atoms with E-state index >= 15 is 0 Å². The van der Waals surface area contributed by atoms with Crippen LogP contribution in [0.2, 0.25) is 5.02 Å². The van der Waals surface area contributed by atoms with Gasteiger partial charge in [-0.15, -0.1) is 0 Å². The molecular formula is C13H19ClN2O2. The molecule has 1 aromatic carbocycles. The summed E-state index contributed by atoms with van der Waals surface area (Å²) in [6, 6.07) is 5.57. The number of hydrogen-bond acceptors (Lipinski definition) is 3. The van der Waals surface area contributed by atoms with Crippen molar-refractivity contribution in [1.29, 1.82) is 0 Å². The molecule has 1 rings (SSSR count). The van der Waals surface area contributed by atoms with Crippen LogP contribution in [0, 0.1) is 0 Å². The Balaban J connectivity index is 2.83. The standard InChI is InChI=1S/C13H19ClN2O2/c1-3-5-12(13(17)16-15)18-11-7-6-9(4-2)8-10(11)14/h6-8,12H,3-5,15H2,1-2H3,(H,16,17). The van der Waals surface area contributed by atoms with Crippen molar-refractivity contribution in [2.24, 2.45) is 5.84 Å². The summed E-state index contributed by atoms with van der Waals surface area (Å²) in [5, 5.41) is 0.514. The van der Waals surface area contributed by atoms with E-state index in [2.05, 4.69) is 5.43 Å². The molecule has 0 saturated heterocycles. The molecular weight excluding hydrogens is 252 g/mol. The number of carbonyl (C=O) groups excluding carboxylic acids is 1. The van der Waals surface area contributed by atoms with Crippen molar-refractivity contribution < 1.29 is 9.53 Å². The molecule has 3 N–H and O–H groups in total. The third-order valence-corrected chi connectivity index (χ3v) is 2.95. The van der Waals surface area contributed by atoms with Gasteiger partial charge < -0.3 is 4.74 Å². The van der Waals surface area contributed by atoms with Crippen LogP contribution in [-0.2, 0) is 11.2 Å². The zero-order chi connectivity index (χ0) is 13.5. The number of hydrogen-bond donors (Lipinski definition) is 2. The summed E-state index contributed by atoms with van der Waals surface area (Å²) < 4.78 is 5.61. The number of rotatable bonds is 6. The zero-order valence-corrected chi connectivity index (χ0v) is 11.5. The third-order valence-electron chi connectivity index (χ3n) is 2.66. The van der Waals surface area contributed by atoms with Crippen LogP contribution in [0.5, 0.6) is 5.75 Å². The Morgan fingerprint density at radius 2 is 2.22 bits per heavy atom. The summed E-state index contributed by atoms with van der Waals surface area (Å²) in [4.78, 5) is 11.5. The van der Waals surface area contributed by atoms with E-state index in [1.165, 1.54) is 0 Å². The fourth-order valence-corrected chi connectivity index (χ4v) is 1.86. The first-order valence-corrected chi connectivity index (χ1v) is 6.45. The number of benzene rings is 1. The first-order valence-electron chi connectivity index (χ1n) is 6.07. The first kappa shape index (κ1) is 14.8. The number of nitrogens with one attached hydrogen (secondary N) is 1. The molecule has 0 aliphatic rings. The molecule has 1 atom stereocenters. The summed E-state index contributed by atoms with van der Waals surface area (Å²) in [5.41, 5.74) is 3.23. The average Bonchev–Trinajstić information content (AvgIpc) is 2.39. The predicted molar refractivity (Wildman–Crippen MR) is 72.5 cm³/mol. The average molecular weight is 271 g/mol. The van der Waals surface area contributed by atoms with E-state index in [0.29, 0.717) is 17.2 Å². The lowest BCUT2D eigenvalue weighted by molar-refractivity contribution is -0.128. The second-order valence-electron chi connectivity index (χ2n) is 4.02. The van der Waals surface area contributed by atoms with Crippen LogP contribution in [0.4, 0.5) is 0 Å². The fraction of sp³-hybridized carbons (Fsp3) is 0.462. The second kappa shape index (κ2) is 7.24. The molecule has 0 bridgehead atoms.